The molecule has 0 aliphatic heterocycles. The Balaban J connectivity index is 0.00000256. The van der Waals surface area contributed by atoms with E-state index in [0.717, 1.165) is 17.7 Å². The van der Waals surface area contributed by atoms with Crippen molar-refractivity contribution in [2.45, 2.75) is 13.3 Å². The van der Waals surface area contributed by atoms with Crippen LogP contribution in [-0.2, 0) is 11.2 Å². The zero-order valence-corrected chi connectivity index (χ0v) is 10.8. The molecule has 17 heavy (non-hydrogen) atoms. The van der Waals surface area contributed by atoms with Gasteiger partial charge in [-0.25, -0.2) is 0 Å². The number of hydrogen-bond acceptors (Lipinski definition) is 3. The van der Waals surface area contributed by atoms with Gasteiger partial charge in [-0.1, -0.05) is 25.1 Å². The third-order valence-corrected chi connectivity index (χ3v) is 2.18. The Morgan fingerprint density at radius 2 is 2.12 bits per heavy atom. The van der Waals surface area contributed by atoms with Crippen LogP contribution in [0, 0.1) is 0 Å². The molecule has 0 radical (unpaired) electrons. The first-order chi connectivity index (χ1) is 7.77. The van der Waals surface area contributed by atoms with Crippen LogP contribution in [0.4, 0.5) is 0 Å². The predicted molar refractivity (Wildman–Crippen MR) is 70.6 cm³/mol. The van der Waals surface area contributed by atoms with E-state index in [9.17, 15) is 4.79 Å². The van der Waals surface area contributed by atoms with Crippen molar-refractivity contribution >= 4 is 18.3 Å². The lowest BCUT2D eigenvalue weighted by atomic mass is 10.1. The molecule has 0 saturated carbocycles. The average molecular weight is 259 g/mol. The fourth-order valence-electron chi connectivity index (χ4n) is 1.34. The Morgan fingerprint density at radius 3 is 2.76 bits per heavy atom. The van der Waals surface area contributed by atoms with Gasteiger partial charge in [-0.15, -0.1) is 12.4 Å². The van der Waals surface area contributed by atoms with Crippen LogP contribution in [0.3, 0.4) is 0 Å². The second-order valence-corrected chi connectivity index (χ2v) is 3.39. The van der Waals surface area contributed by atoms with Gasteiger partial charge in [0, 0.05) is 13.1 Å². The van der Waals surface area contributed by atoms with Gasteiger partial charge in [0.25, 0.3) is 5.91 Å². The summed E-state index contributed by atoms with van der Waals surface area (Å²) in [6.45, 7) is 3.02. The third kappa shape index (κ3) is 5.56. The van der Waals surface area contributed by atoms with Crippen LogP contribution < -0.4 is 15.8 Å². The Labute approximate surface area is 108 Å². The maximum atomic E-state index is 11.3. The van der Waals surface area contributed by atoms with E-state index in [0.29, 0.717) is 13.1 Å². The second kappa shape index (κ2) is 8.84. The normalized spacial score (nSPS) is 9.29. The zero-order chi connectivity index (χ0) is 11.8. The van der Waals surface area contributed by atoms with E-state index in [1.807, 2.05) is 24.3 Å². The first kappa shape index (κ1) is 15.7. The Bertz CT molecular complexity index is 345. The number of carbonyl (C=O) groups excluding carboxylic acids is 1. The maximum absolute atomic E-state index is 11.3. The molecule has 3 N–H and O–H groups in total. The number of halogens is 1. The monoisotopic (exact) mass is 258 g/mol. The van der Waals surface area contributed by atoms with Crippen molar-refractivity contribution in [3.8, 4) is 5.75 Å². The molecule has 96 valence electrons. The zero-order valence-electron chi connectivity index (χ0n) is 9.94. The van der Waals surface area contributed by atoms with Crippen molar-refractivity contribution in [2.24, 2.45) is 5.73 Å². The lowest BCUT2D eigenvalue weighted by molar-refractivity contribution is -0.123. The minimum absolute atomic E-state index is 0. The van der Waals surface area contributed by atoms with E-state index in [2.05, 4.69) is 12.2 Å². The number of ether oxygens (including phenoxy) is 1. The maximum Gasteiger partial charge on any atom is 0.257 e. The van der Waals surface area contributed by atoms with Crippen molar-refractivity contribution in [3.05, 3.63) is 29.8 Å². The predicted octanol–water partition coefficient (Wildman–Crippen LogP) is 1.12. The standard InChI is InChI=1S/C12H18N2O2.ClH/c1-2-10-5-3-4-6-11(10)16-9-12(15)14-8-7-13;/h3-6H,2,7-9,13H2,1H3,(H,14,15);1H. The number of hydrogen-bond donors (Lipinski definition) is 2. The topological polar surface area (TPSA) is 64.3 Å². The molecule has 0 spiro atoms. The smallest absolute Gasteiger partial charge is 0.257 e. The van der Waals surface area contributed by atoms with Crippen molar-refractivity contribution < 1.29 is 9.53 Å². The first-order valence-corrected chi connectivity index (χ1v) is 5.45. The van der Waals surface area contributed by atoms with Crippen molar-refractivity contribution in [1.82, 2.24) is 5.32 Å². The van der Waals surface area contributed by atoms with E-state index < -0.39 is 0 Å². The lowest BCUT2D eigenvalue weighted by Crippen LogP contribution is -2.33. The molecule has 0 aliphatic rings. The number of rotatable bonds is 6. The molecule has 0 fully saturated rings. The lowest BCUT2D eigenvalue weighted by Gasteiger charge is -2.09. The molecule has 1 amide bonds. The molecular formula is C12H19ClN2O2. The first-order valence-electron chi connectivity index (χ1n) is 5.45. The summed E-state index contributed by atoms with van der Waals surface area (Å²) in [5.74, 6) is 0.629. The third-order valence-electron chi connectivity index (χ3n) is 2.18. The highest BCUT2D eigenvalue weighted by Crippen LogP contribution is 2.17. The van der Waals surface area contributed by atoms with E-state index in [1.165, 1.54) is 0 Å². The quantitative estimate of drug-likeness (QED) is 0.804. The minimum Gasteiger partial charge on any atom is -0.483 e. The highest BCUT2D eigenvalue weighted by atomic mass is 35.5. The molecule has 0 heterocycles. The molecule has 0 bridgehead atoms. The Hall–Kier alpha value is -1.26. The molecular weight excluding hydrogens is 240 g/mol. The van der Waals surface area contributed by atoms with Crippen LogP contribution in [0.1, 0.15) is 12.5 Å². The SMILES string of the molecule is CCc1ccccc1OCC(=O)NCCN.Cl. The number of carbonyl (C=O) groups is 1. The van der Waals surface area contributed by atoms with Gasteiger partial charge in [-0.05, 0) is 18.1 Å². The van der Waals surface area contributed by atoms with Gasteiger partial charge < -0.3 is 15.8 Å². The summed E-state index contributed by atoms with van der Waals surface area (Å²) in [5, 5.41) is 2.65. The van der Waals surface area contributed by atoms with Gasteiger partial charge in [0.2, 0.25) is 0 Å². The highest BCUT2D eigenvalue weighted by Gasteiger charge is 2.04. The van der Waals surface area contributed by atoms with Crippen LogP contribution in [0.25, 0.3) is 0 Å². The summed E-state index contributed by atoms with van der Waals surface area (Å²) in [7, 11) is 0. The molecule has 0 aromatic heterocycles. The van der Waals surface area contributed by atoms with Crippen LogP contribution in [0.2, 0.25) is 0 Å². The van der Waals surface area contributed by atoms with Gasteiger partial charge in [0.1, 0.15) is 5.75 Å². The molecule has 0 saturated heterocycles. The Kier molecular flexibility index (Phi) is 8.19. The van der Waals surface area contributed by atoms with Gasteiger partial charge in [-0.2, -0.15) is 0 Å². The summed E-state index contributed by atoms with van der Waals surface area (Å²) >= 11 is 0. The van der Waals surface area contributed by atoms with Crippen LogP contribution in [-0.4, -0.2) is 25.6 Å². The molecule has 5 heteroatoms. The van der Waals surface area contributed by atoms with Gasteiger partial charge in [0.15, 0.2) is 6.61 Å². The average Bonchev–Trinajstić information content (AvgIpc) is 2.34. The number of para-hydroxylation sites is 1. The molecule has 1 aromatic rings. The fraction of sp³-hybridized carbons (Fsp3) is 0.417. The summed E-state index contributed by atoms with van der Waals surface area (Å²) < 4.78 is 5.43. The van der Waals surface area contributed by atoms with Crippen LogP contribution in [0.5, 0.6) is 5.75 Å². The molecule has 1 aromatic carbocycles. The van der Waals surface area contributed by atoms with Crippen molar-refractivity contribution in [1.29, 1.82) is 0 Å². The molecule has 0 aliphatic carbocycles. The van der Waals surface area contributed by atoms with Gasteiger partial charge >= 0.3 is 0 Å². The number of nitrogens with one attached hydrogen (secondary N) is 1. The van der Waals surface area contributed by atoms with Crippen LogP contribution >= 0.6 is 12.4 Å². The van der Waals surface area contributed by atoms with Crippen molar-refractivity contribution in [2.75, 3.05) is 19.7 Å². The van der Waals surface area contributed by atoms with E-state index in [4.69, 9.17) is 10.5 Å². The molecule has 4 nitrogen and oxygen atoms in total. The summed E-state index contributed by atoms with van der Waals surface area (Å²) in [5.41, 5.74) is 6.38. The number of nitrogens with two attached hydrogens (primary N) is 1. The second-order valence-electron chi connectivity index (χ2n) is 3.39. The number of benzene rings is 1. The molecule has 0 unspecified atom stereocenters. The minimum atomic E-state index is -0.142. The summed E-state index contributed by atoms with van der Waals surface area (Å²) in [6, 6.07) is 7.72. The van der Waals surface area contributed by atoms with Crippen LogP contribution in [0.15, 0.2) is 24.3 Å². The number of amides is 1. The van der Waals surface area contributed by atoms with E-state index in [1.54, 1.807) is 0 Å². The van der Waals surface area contributed by atoms with Gasteiger partial charge in [0.05, 0.1) is 0 Å². The Morgan fingerprint density at radius 1 is 1.41 bits per heavy atom. The fourth-order valence-corrected chi connectivity index (χ4v) is 1.34. The van der Waals surface area contributed by atoms with E-state index >= 15 is 0 Å². The van der Waals surface area contributed by atoms with E-state index in [-0.39, 0.29) is 24.9 Å². The number of aryl methyl sites for hydroxylation is 1. The highest BCUT2D eigenvalue weighted by molar-refractivity contribution is 5.85. The van der Waals surface area contributed by atoms with Gasteiger partial charge in [-0.3, -0.25) is 4.79 Å². The summed E-state index contributed by atoms with van der Waals surface area (Å²) in [6.07, 6.45) is 0.889. The largest absolute Gasteiger partial charge is 0.483 e. The molecule has 0 atom stereocenters. The molecule has 1 rings (SSSR count). The summed E-state index contributed by atoms with van der Waals surface area (Å²) in [4.78, 5) is 11.3. The van der Waals surface area contributed by atoms with Crippen molar-refractivity contribution in [3.63, 3.8) is 0 Å².